The van der Waals surface area contributed by atoms with Gasteiger partial charge in [-0.3, -0.25) is 5.41 Å². The first-order valence-electron chi connectivity index (χ1n) is 8.25. The third-order valence-corrected chi connectivity index (χ3v) is 4.92. The van der Waals surface area contributed by atoms with Gasteiger partial charge in [0, 0.05) is 12.7 Å². The molecule has 3 aromatic rings. The summed E-state index contributed by atoms with van der Waals surface area (Å²) in [5.41, 5.74) is 5.63. The number of anilines is 1. The fourth-order valence-corrected chi connectivity index (χ4v) is 3.30. The van der Waals surface area contributed by atoms with Gasteiger partial charge in [-0.05, 0) is 49.2 Å². The van der Waals surface area contributed by atoms with Crippen LogP contribution in [-0.2, 0) is 7.05 Å². The molecule has 0 saturated heterocycles. The number of rotatable bonds is 2. The number of fused-ring (bicyclic) bond motifs is 1. The summed E-state index contributed by atoms with van der Waals surface area (Å²) in [5, 5.41) is 19.2. The van der Waals surface area contributed by atoms with Crippen LogP contribution in [-0.4, -0.2) is 27.0 Å². The van der Waals surface area contributed by atoms with E-state index in [1.165, 1.54) is 11.1 Å². The number of hydrogen-bond acceptors (Lipinski definition) is 3. The standard InChI is InChI=1S/C20H20N4O/c1-12-8-9-14(10-13(12)2)24-11-17(25)18(19(24)21)20-22-15-6-4-5-7-16(15)23(20)3/h4-10,21,25H,11H2,1-3H3. The molecule has 0 amide bonds. The Hall–Kier alpha value is -3.08. The Morgan fingerprint density at radius 1 is 1.08 bits per heavy atom. The average molecular weight is 332 g/mol. The van der Waals surface area contributed by atoms with Crippen LogP contribution in [0.4, 0.5) is 5.69 Å². The molecule has 0 bridgehead atoms. The number of amidine groups is 1. The molecule has 0 spiro atoms. The van der Waals surface area contributed by atoms with Crippen molar-refractivity contribution in [2.45, 2.75) is 13.8 Å². The molecule has 1 aliphatic rings. The minimum atomic E-state index is 0.182. The van der Waals surface area contributed by atoms with Gasteiger partial charge >= 0.3 is 0 Å². The Labute approximate surface area is 146 Å². The minimum Gasteiger partial charge on any atom is -0.509 e. The second-order valence-corrected chi connectivity index (χ2v) is 6.51. The largest absolute Gasteiger partial charge is 0.509 e. The Kier molecular flexibility index (Phi) is 3.39. The highest BCUT2D eigenvalue weighted by Gasteiger charge is 2.32. The summed E-state index contributed by atoms with van der Waals surface area (Å²) in [6.07, 6.45) is 0. The van der Waals surface area contributed by atoms with E-state index >= 15 is 0 Å². The van der Waals surface area contributed by atoms with Crippen molar-refractivity contribution in [2.75, 3.05) is 11.4 Å². The number of aryl methyl sites for hydroxylation is 3. The van der Waals surface area contributed by atoms with Crippen LogP contribution >= 0.6 is 0 Å². The lowest BCUT2D eigenvalue weighted by atomic mass is 10.1. The lowest BCUT2D eigenvalue weighted by Crippen LogP contribution is -2.26. The zero-order valence-electron chi connectivity index (χ0n) is 14.5. The predicted octanol–water partition coefficient (Wildman–Crippen LogP) is 3.96. The Morgan fingerprint density at radius 2 is 1.84 bits per heavy atom. The SMILES string of the molecule is Cc1ccc(N2CC(O)=C(c3nc4ccccc4n3C)C2=N)cc1C. The molecule has 2 heterocycles. The van der Waals surface area contributed by atoms with Gasteiger partial charge in [-0.15, -0.1) is 0 Å². The number of aliphatic hydroxyl groups is 1. The van der Waals surface area contributed by atoms with Crippen LogP contribution < -0.4 is 4.90 Å². The summed E-state index contributed by atoms with van der Waals surface area (Å²) in [6, 6.07) is 13.9. The summed E-state index contributed by atoms with van der Waals surface area (Å²) in [4.78, 5) is 6.45. The first-order valence-corrected chi connectivity index (χ1v) is 8.25. The van der Waals surface area contributed by atoms with E-state index in [0.717, 1.165) is 16.7 Å². The first kappa shape index (κ1) is 15.4. The van der Waals surface area contributed by atoms with Crippen molar-refractivity contribution in [3.8, 4) is 0 Å². The molecule has 0 unspecified atom stereocenters. The van der Waals surface area contributed by atoms with E-state index in [1.54, 1.807) is 0 Å². The molecule has 25 heavy (non-hydrogen) atoms. The number of aromatic nitrogens is 2. The monoisotopic (exact) mass is 332 g/mol. The summed E-state index contributed by atoms with van der Waals surface area (Å²) in [7, 11) is 1.91. The molecule has 4 rings (SSSR count). The van der Waals surface area contributed by atoms with Gasteiger partial charge in [0.15, 0.2) is 0 Å². The van der Waals surface area contributed by atoms with Gasteiger partial charge in [0.2, 0.25) is 0 Å². The molecule has 1 aliphatic heterocycles. The van der Waals surface area contributed by atoms with Crippen molar-refractivity contribution in [1.82, 2.24) is 9.55 Å². The summed E-state index contributed by atoms with van der Waals surface area (Å²) in [6.45, 7) is 4.41. The molecule has 5 heteroatoms. The molecule has 0 saturated carbocycles. The lowest BCUT2D eigenvalue weighted by molar-refractivity contribution is 0.411. The summed E-state index contributed by atoms with van der Waals surface area (Å²) in [5.74, 6) is 1.08. The molecule has 0 atom stereocenters. The average Bonchev–Trinajstić information content (AvgIpc) is 3.07. The Balaban J connectivity index is 1.78. The maximum atomic E-state index is 10.6. The molecule has 0 radical (unpaired) electrons. The maximum absolute atomic E-state index is 10.6. The normalized spacial score (nSPS) is 14.8. The predicted molar refractivity (Wildman–Crippen MR) is 101 cm³/mol. The van der Waals surface area contributed by atoms with E-state index in [4.69, 9.17) is 5.41 Å². The summed E-state index contributed by atoms with van der Waals surface area (Å²) >= 11 is 0. The van der Waals surface area contributed by atoms with Gasteiger partial charge in [-0.1, -0.05) is 18.2 Å². The van der Waals surface area contributed by atoms with E-state index < -0.39 is 0 Å². The fourth-order valence-electron chi connectivity index (χ4n) is 3.30. The van der Waals surface area contributed by atoms with Gasteiger partial charge in [0.25, 0.3) is 0 Å². The van der Waals surface area contributed by atoms with Crippen LogP contribution in [0.1, 0.15) is 17.0 Å². The van der Waals surface area contributed by atoms with Crippen molar-refractivity contribution in [3.63, 3.8) is 0 Å². The van der Waals surface area contributed by atoms with E-state index in [-0.39, 0.29) is 11.6 Å². The number of nitrogens with one attached hydrogen (secondary N) is 1. The minimum absolute atomic E-state index is 0.182. The highest BCUT2D eigenvalue weighted by molar-refractivity contribution is 6.30. The zero-order valence-corrected chi connectivity index (χ0v) is 14.5. The van der Waals surface area contributed by atoms with Crippen LogP contribution in [0.25, 0.3) is 16.6 Å². The third kappa shape index (κ3) is 2.31. The topological polar surface area (TPSA) is 65.1 Å². The highest BCUT2D eigenvalue weighted by atomic mass is 16.3. The number of para-hydroxylation sites is 2. The molecule has 0 fully saturated rings. The number of imidazole rings is 1. The van der Waals surface area contributed by atoms with Crippen molar-refractivity contribution in [1.29, 1.82) is 5.41 Å². The molecule has 2 N–H and O–H groups in total. The zero-order chi connectivity index (χ0) is 17.7. The molecular formula is C20H20N4O. The van der Waals surface area contributed by atoms with Gasteiger partial charge in [-0.25, -0.2) is 4.98 Å². The fraction of sp³-hybridized carbons (Fsp3) is 0.200. The van der Waals surface area contributed by atoms with Crippen molar-refractivity contribution in [3.05, 3.63) is 65.2 Å². The van der Waals surface area contributed by atoms with E-state index in [9.17, 15) is 5.11 Å². The smallest absolute Gasteiger partial charge is 0.148 e. The Bertz CT molecular complexity index is 1050. The van der Waals surface area contributed by atoms with Crippen molar-refractivity contribution in [2.24, 2.45) is 7.05 Å². The molecule has 2 aromatic carbocycles. The quantitative estimate of drug-likeness (QED) is 0.746. The van der Waals surface area contributed by atoms with Crippen molar-refractivity contribution >= 4 is 28.1 Å². The second-order valence-electron chi connectivity index (χ2n) is 6.51. The maximum Gasteiger partial charge on any atom is 0.148 e. The van der Waals surface area contributed by atoms with Crippen LogP contribution in [0, 0.1) is 19.3 Å². The van der Waals surface area contributed by atoms with E-state index in [2.05, 4.69) is 24.9 Å². The number of nitrogens with zero attached hydrogens (tertiary/aromatic N) is 3. The molecule has 1 aromatic heterocycles. The van der Waals surface area contributed by atoms with Crippen molar-refractivity contribution < 1.29 is 5.11 Å². The second kappa shape index (κ2) is 5.48. The van der Waals surface area contributed by atoms with Gasteiger partial charge in [-0.2, -0.15) is 0 Å². The van der Waals surface area contributed by atoms with E-state index in [0.29, 0.717) is 17.9 Å². The first-order chi connectivity index (χ1) is 12.0. The summed E-state index contributed by atoms with van der Waals surface area (Å²) < 4.78 is 1.93. The number of benzene rings is 2. The Morgan fingerprint density at radius 3 is 2.56 bits per heavy atom. The molecular weight excluding hydrogens is 312 g/mol. The molecule has 126 valence electrons. The third-order valence-electron chi connectivity index (χ3n) is 4.92. The van der Waals surface area contributed by atoms with Gasteiger partial charge in [0.1, 0.15) is 17.4 Å². The van der Waals surface area contributed by atoms with Gasteiger partial charge < -0.3 is 14.6 Å². The molecule has 5 nitrogen and oxygen atoms in total. The van der Waals surface area contributed by atoms with Gasteiger partial charge in [0.05, 0.1) is 23.2 Å². The van der Waals surface area contributed by atoms with Crippen LogP contribution in [0.3, 0.4) is 0 Å². The number of hydrogen-bond donors (Lipinski definition) is 2. The lowest BCUT2D eigenvalue weighted by Gasteiger charge is -2.20. The van der Waals surface area contributed by atoms with Crippen LogP contribution in [0.2, 0.25) is 0 Å². The van der Waals surface area contributed by atoms with E-state index in [1.807, 2.05) is 52.9 Å². The highest BCUT2D eigenvalue weighted by Crippen LogP contribution is 2.32. The van der Waals surface area contributed by atoms with Crippen LogP contribution in [0.5, 0.6) is 0 Å². The number of aliphatic hydroxyl groups excluding tert-OH is 1. The van der Waals surface area contributed by atoms with Crippen LogP contribution in [0.15, 0.2) is 48.2 Å². The molecule has 0 aliphatic carbocycles.